The van der Waals surface area contributed by atoms with E-state index >= 15 is 0 Å². The molecule has 1 amide bonds. The first-order valence-electron chi connectivity index (χ1n) is 8.49. The molecule has 2 aliphatic rings. The quantitative estimate of drug-likeness (QED) is 0.616. The maximum atomic E-state index is 13.7. The van der Waals surface area contributed by atoms with Gasteiger partial charge in [0.25, 0.3) is 11.4 Å². The third-order valence-corrected chi connectivity index (χ3v) is 4.86. The maximum Gasteiger partial charge on any atom is 0.442 e. The number of carbonyl (C=O) groups excluding carboxylic acids is 1. The predicted octanol–water partition coefficient (Wildman–Crippen LogP) is 2.95. The Morgan fingerprint density at radius 1 is 1.22 bits per heavy atom. The second kappa shape index (κ2) is 6.84. The van der Waals surface area contributed by atoms with Crippen molar-refractivity contribution < 1.29 is 28.0 Å². The largest absolute Gasteiger partial charge is 0.442 e. The first-order chi connectivity index (χ1) is 12.6. The third kappa shape index (κ3) is 3.36. The Bertz CT molecular complexity index is 792. The number of hydrogen-bond acceptors (Lipinski definition) is 5. The van der Waals surface area contributed by atoms with Crippen molar-refractivity contribution in [1.29, 1.82) is 0 Å². The van der Waals surface area contributed by atoms with E-state index < -0.39 is 29.2 Å². The first-order valence-corrected chi connectivity index (χ1v) is 8.49. The molecule has 0 saturated carbocycles. The zero-order chi connectivity index (χ0) is 19.8. The van der Waals surface area contributed by atoms with Crippen molar-refractivity contribution in [2.24, 2.45) is 0 Å². The van der Waals surface area contributed by atoms with Crippen LogP contribution in [-0.2, 0) is 11.2 Å². The Labute approximate surface area is 152 Å². The van der Waals surface area contributed by atoms with Crippen LogP contribution in [0.1, 0.15) is 37.7 Å². The lowest BCUT2D eigenvalue weighted by Crippen LogP contribution is -2.62. The van der Waals surface area contributed by atoms with Crippen molar-refractivity contribution in [1.82, 2.24) is 10.4 Å². The van der Waals surface area contributed by atoms with Crippen LogP contribution in [0, 0.1) is 10.1 Å². The highest BCUT2D eigenvalue weighted by atomic mass is 19.4. The second-order valence-electron chi connectivity index (χ2n) is 6.63. The van der Waals surface area contributed by atoms with Gasteiger partial charge in [-0.3, -0.25) is 20.3 Å². The Morgan fingerprint density at radius 3 is 2.44 bits per heavy atom. The number of benzene rings is 1. The summed E-state index contributed by atoms with van der Waals surface area (Å²) < 4.78 is 41.2. The number of alkyl halides is 3. The van der Waals surface area contributed by atoms with Crippen molar-refractivity contribution in [3.8, 4) is 0 Å². The van der Waals surface area contributed by atoms with Crippen LogP contribution in [0.2, 0.25) is 0 Å². The summed E-state index contributed by atoms with van der Waals surface area (Å²) >= 11 is 0. The highest BCUT2D eigenvalue weighted by Gasteiger charge is 2.65. The number of non-ortho nitro benzene ring substituents is 1. The maximum absolute atomic E-state index is 13.7. The van der Waals surface area contributed by atoms with Gasteiger partial charge in [0.1, 0.15) is 0 Å². The molecule has 1 aliphatic heterocycles. The molecule has 1 aromatic carbocycles. The number of nitrogens with one attached hydrogen (secondary N) is 1. The lowest BCUT2D eigenvalue weighted by atomic mass is 9.96. The molecule has 0 saturated heterocycles. The van der Waals surface area contributed by atoms with Gasteiger partial charge in [-0.05, 0) is 31.2 Å². The van der Waals surface area contributed by atoms with Crippen LogP contribution < -0.4 is 5.43 Å². The number of allylic oxidation sites excluding steroid dienone is 1. The van der Waals surface area contributed by atoms with Gasteiger partial charge in [0.15, 0.2) is 0 Å². The van der Waals surface area contributed by atoms with Crippen LogP contribution in [0.4, 0.5) is 18.9 Å². The van der Waals surface area contributed by atoms with E-state index in [2.05, 4.69) is 5.43 Å². The molecule has 1 heterocycles. The normalized spacial score (nSPS) is 22.9. The standard InChI is InChI=1S/C17H18F3N3O4/c18-17(19,20)16(25)13-4-2-1-3-5-14(13)21-22(16)15(24)10-11-6-8-12(9-7-11)23(26)27/h6-9,21,25H,1-5,10H2. The van der Waals surface area contributed by atoms with E-state index in [0.717, 1.165) is 6.42 Å². The van der Waals surface area contributed by atoms with Crippen molar-refractivity contribution in [3.05, 3.63) is 51.2 Å². The molecule has 1 atom stereocenters. The molecule has 1 aromatic rings. The van der Waals surface area contributed by atoms with E-state index in [1.165, 1.54) is 24.3 Å². The van der Waals surface area contributed by atoms with Crippen molar-refractivity contribution >= 4 is 11.6 Å². The lowest BCUT2D eigenvalue weighted by Gasteiger charge is -2.36. The lowest BCUT2D eigenvalue weighted by molar-refractivity contribution is -0.384. The molecule has 0 aromatic heterocycles. The van der Waals surface area contributed by atoms with Gasteiger partial charge in [-0.15, -0.1) is 0 Å². The Balaban J connectivity index is 1.86. The van der Waals surface area contributed by atoms with Gasteiger partial charge in [-0.2, -0.15) is 13.2 Å². The molecular weight excluding hydrogens is 367 g/mol. The zero-order valence-electron chi connectivity index (χ0n) is 14.3. The Morgan fingerprint density at radius 2 is 1.85 bits per heavy atom. The van der Waals surface area contributed by atoms with E-state index in [1.54, 1.807) is 0 Å². The number of aliphatic hydroxyl groups is 1. The summed E-state index contributed by atoms with van der Waals surface area (Å²) in [6.07, 6.45) is -3.20. The second-order valence-corrected chi connectivity index (χ2v) is 6.63. The molecule has 7 nitrogen and oxygen atoms in total. The van der Waals surface area contributed by atoms with Gasteiger partial charge in [0.2, 0.25) is 5.91 Å². The number of rotatable bonds is 3. The van der Waals surface area contributed by atoms with E-state index in [-0.39, 0.29) is 28.4 Å². The molecule has 0 bridgehead atoms. The van der Waals surface area contributed by atoms with Crippen molar-refractivity contribution in [2.75, 3.05) is 0 Å². The molecule has 1 aliphatic carbocycles. The summed E-state index contributed by atoms with van der Waals surface area (Å²) in [6.45, 7) is 0. The molecule has 10 heteroatoms. The molecule has 27 heavy (non-hydrogen) atoms. The number of halogens is 3. The smallest absolute Gasteiger partial charge is 0.359 e. The summed E-state index contributed by atoms with van der Waals surface area (Å²) in [7, 11) is 0. The van der Waals surface area contributed by atoms with E-state index in [4.69, 9.17) is 0 Å². The van der Waals surface area contributed by atoms with Crippen LogP contribution >= 0.6 is 0 Å². The molecule has 0 radical (unpaired) electrons. The van der Waals surface area contributed by atoms with Gasteiger partial charge in [-0.1, -0.05) is 18.6 Å². The summed E-state index contributed by atoms with van der Waals surface area (Å²) in [6, 6.07) is 4.95. The number of nitro benzene ring substituents is 1. The van der Waals surface area contributed by atoms with Gasteiger partial charge in [0, 0.05) is 23.4 Å². The number of amides is 1. The minimum Gasteiger partial charge on any atom is -0.359 e. The Kier molecular flexibility index (Phi) is 4.85. The fourth-order valence-electron chi connectivity index (χ4n) is 3.47. The minimum absolute atomic E-state index is 0.0552. The molecule has 1 unspecified atom stereocenters. The van der Waals surface area contributed by atoms with Gasteiger partial charge in [0.05, 0.1) is 11.3 Å². The molecule has 0 spiro atoms. The van der Waals surface area contributed by atoms with Crippen LogP contribution in [0.25, 0.3) is 0 Å². The fourth-order valence-corrected chi connectivity index (χ4v) is 3.47. The number of hydrazine groups is 1. The first kappa shape index (κ1) is 19.2. The molecular formula is C17H18F3N3O4. The van der Waals surface area contributed by atoms with Gasteiger partial charge in [-0.25, -0.2) is 5.01 Å². The SMILES string of the molecule is O=C(Cc1ccc([N+](=O)[O-])cc1)N1NC2=C(CCCCC2)C1(O)C(F)(F)F. The van der Waals surface area contributed by atoms with Crippen LogP contribution in [0.5, 0.6) is 0 Å². The van der Waals surface area contributed by atoms with E-state index in [1.807, 2.05) is 0 Å². The average molecular weight is 385 g/mol. The molecule has 3 rings (SSSR count). The van der Waals surface area contributed by atoms with Gasteiger partial charge < -0.3 is 5.11 Å². The average Bonchev–Trinajstić information content (AvgIpc) is 2.75. The van der Waals surface area contributed by atoms with Gasteiger partial charge >= 0.3 is 6.18 Å². The summed E-state index contributed by atoms with van der Waals surface area (Å²) in [5.41, 5.74) is -0.768. The fraction of sp³-hybridized carbons (Fsp3) is 0.471. The Hall–Kier alpha value is -2.62. The predicted molar refractivity (Wildman–Crippen MR) is 87.9 cm³/mol. The van der Waals surface area contributed by atoms with E-state index in [9.17, 15) is 33.2 Å². The minimum atomic E-state index is -5.06. The van der Waals surface area contributed by atoms with Crippen molar-refractivity contribution in [2.45, 2.75) is 50.4 Å². The number of nitrogens with zero attached hydrogens (tertiary/aromatic N) is 2. The monoisotopic (exact) mass is 385 g/mol. The van der Waals surface area contributed by atoms with Crippen LogP contribution in [-0.4, -0.2) is 32.8 Å². The van der Waals surface area contributed by atoms with Crippen LogP contribution in [0.15, 0.2) is 35.5 Å². The molecule has 2 N–H and O–H groups in total. The van der Waals surface area contributed by atoms with E-state index in [0.29, 0.717) is 24.8 Å². The van der Waals surface area contributed by atoms with Crippen molar-refractivity contribution in [3.63, 3.8) is 0 Å². The number of nitro groups is 1. The third-order valence-electron chi connectivity index (χ3n) is 4.86. The summed E-state index contributed by atoms with van der Waals surface area (Å²) in [5, 5.41) is 21.5. The van der Waals surface area contributed by atoms with Crippen LogP contribution in [0.3, 0.4) is 0 Å². The topological polar surface area (TPSA) is 95.7 Å². The zero-order valence-corrected chi connectivity index (χ0v) is 14.3. The highest BCUT2D eigenvalue weighted by Crippen LogP contribution is 2.46. The summed E-state index contributed by atoms with van der Waals surface area (Å²) in [4.78, 5) is 22.6. The summed E-state index contributed by atoms with van der Waals surface area (Å²) in [5.74, 6) is -0.975. The molecule has 146 valence electrons. The number of hydrogen-bond donors (Lipinski definition) is 2. The highest BCUT2D eigenvalue weighted by molar-refractivity contribution is 5.80. The molecule has 0 fully saturated rings. The number of carbonyl (C=O) groups is 1.